The summed E-state index contributed by atoms with van der Waals surface area (Å²) in [5.74, 6) is -1.16. The minimum Gasteiger partial charge on any atom is -0.480 e. The van der Waals surface area contributed by atoms with Crippen molar-refractivity contribution in [3.63, 3.8) is 0 Å². The van der Waals surface area contributed by atoms with E-state index in [0.717, 1.165) is 36.8 Å². The number of hydrogen-bond donors (Lipinski definition) is 3. The Balaban J connectivity index is 1.34. The summed E-state index contributed by atoms with van der Waals surface area (Å²) in [6.07, 6.45) is 3.90. The summed E-state index contributed by atoms with van der Waals surface area (Å²) in [4.78, 5) is 36.6. The lowest BCUT2D eigenvalue weighted by atomic mass is 9.87. The molecule has 0 aromatic heterocycles. The molecule has 0 radical (unpaired) electrons. The minimum atomic E-state index is -1.34. The van der Waals surface area contributed by atoms with E-state index >= 15 is 0 Å². The Bertz CT molecular complexity index is 1040. The number of alkyl carbamates (subject to hydrolysis) is 1. The number of benzene rings is 2. The van der Waals surface area contributed by atoms with E-state index in [0.29, 0.717) is 12.5 Å². The maximum atomic E-state index is 12.6. The average molecular weight is 479 g/mol. The Hall–Kier alpha value is -3.35. The van der Waals surface area contributed by atoms with Crippen LogP contribution in [0.3, 0.4) is 0 Å². The molecule has 3 N–H and O–H groups in total. The van der Waals surface area contributed by atoms with Crippen molar-refractivity contribution in [3.05, 3.63) is 59.7 Å². The number of rotatable bonds is 9. The number of nitrogens with one attached hydrogen (secondary N) is 2. The molecule has 0 aliphatic heterocycles. The lowest BCUT2D eigenvalue weighted by Crippen LogP contribution is -2.50. The van der Waals surface area contributed by atoms with Crippen molar-refractivity contribution in [2.45, 2.75) is 57.4 Å². The van der Waals surface area contributed by atoms with E-state index in [4.69, 9.17) is 4.74 Å². The van der Waals surface area contributed by atoms with Gasteiger partial charge in [0.05, 0.1) is 0 Å². The van der Waals surface area contributed by atoms with Gasteiger partial charge in [0, 0.05) is 18.9 Å². The van der Waals surface area contributed by atoms with Gasteiger partial charge in [0.15, 0.2) is 0 Å². The largest absolute Gasteiger partial charge is 0.480 e. The molecule has 0 heterocycles. The summed E-state index contributed by atoms with van der Waals surface area (Å²) in [5.41, 5.74) is 3.32. The first-order chi connectivity index (χ1) is 16.8. The summed E-state index contributed by atoms with van der Waals surface area (Å²) in [6.45, 7) is 3.49. The summed E-state index contributed by atoms with van der Waals surface area (Å²) in [5, 5.41) is 14.8. The van der Waals surface area contributed by atoms with Gasteiger partial charge in [-0.05, 0) is 47.9 Å². The van der Waals surface area contributed by atoms with Crippen molar-refractivity contribution >= 4 is 18.0 Å². The number of fused-ring (bicyclic) bond motifs is 3. The smallest absolute Gasteiger partial charge is 0.407 e. The fourth-order valence-electron chi connectivity index (χ4n) is 5.39. The van der Waals surface area contributed by atoms with Crippen molar-refractivity contribution in [3.8, 4) is 11.1 Å². The third-order valence-electron chi connectivity index (χ3n) is 7.35. The fraction of sp³-hybridized carbons (Fsp3) is 0.464. The first-order valence-corrected chi connectivity index (χ1v) is 12.4. The van der Waals surface area contributed by atoms with Gasteiger partial charge >= 0.3 is 12.1 Å². The van der Waals surface area contributed by atoms with E-state index < -0.39 is 17.6 Å². The van der Waals surface area contributed by atoms with Gasteiger partial charge in [0.2, 0.25) is 5.91 Å². The summed E-state index contributed by atoms with van der Waals surface area (Å²) in [6, 6.07) is 16.4. The third-order valence-corrected chi connectivity index (χ3v) is 7.35. The van der Waals surface area contributed by atoms with Gasteiger partial charge < -0.3 is 20.5 Å². The van der Waals surface area contributed by atoms with Crippen LogP contribution in [0, 0.1) is 11.8 Å². The normalized spacial score (nSPS) is 16.3. The van der Waals surface area contributed by atoms with Gasteiger partial charge in [-0.2, -0.15) is 0 Å². The molecule has 7 nitrogen and oxygen atoms in total. The van der Waals surface area contributed by atoms with Gasteiger partial charge in [-0.25, -0.2) is 9.59 Å². The van der Waals surface area contributed by atoms with Crippen LogP contribution in [0.4, 0.5) is 4.79 Å². The first kappa shape index (κ1) is 24.8. The number of carbonyl (C=O) groups excluding carboxylic acids is 2. The second-order valence-corrected chi connectivity index (χ2v) is 10.2. The molecule has 2 aliphatic rings. The van der Waals surface area contributed by atoms with Gasteiger partial charge in [-0.3, -0.25) is 4.79 Å². The quantitative estimate of drug-likeness (QED) is 0.485. The van der Waals surface area contributed by atoms with Crippen LogP contribution < -0.4 is 10.6 Å². The molecule has 1 saturated carbocycles. The Labute approximate surface area is 206 Å². The zero-order valence-electron chi connectivity index (χ0n) is 20.4. The molecule has 0 saturated heterocycles. The molecule has 186 valence electrons. The lowest BCUT2D eigenvalue weighted by Gasteiger charge is -2.26. The zero-order chi connectivity index (χ0) is 25.0. The van der Waals surface area contributed by atoms with Crippen LogP contribution in [0.25, 0.3) is 11.1 Å². The molecule has 0 spiro atoms. The number of ether oxygens (including phenoxy) is 1. The van der Waals surface area contributed by atoms with Crippen molar-refractivity contribution in [1.29, 1.82) is 0 Å². The highest BCUT2D eigenvalue weighted by Crippen LogP contribution is 2.44. The molecule has 0 bridgehead atoms. The molecular formula is C28H34N2O5. The van der Waals surface area contributed by atoms with Crippen LogP contribution in [0.2, 0.25) is 0 Å². The number of aliphatic carboxylic acids is 1. The second-order valence-electron chi connectivity index (χ2n) is 10.2. The van der Waals surface area contributed by atoms with Crippen LogP contribution in [-0.2, 0) is 14.3 Å². The standard InChI is InChI=1S/C28H34N2O5/c1-28(2,26(32)33)30-25(31)15-19(18-9-3-4-10-18)16-29-27(34)35-17-24-22-13-7-5-11-20(22)21-12-6-8-14-23(21)24/h5-8,11-14,18-19,24H,3-4,9-10,15-17H2,1-2H3,(H,29,34)(H,30,31)(H,32,33). The molecule has 1 atom stereocenters. The summed E-state index contributed by atoms with van der Waals surface area (Å²) >= 11 is 0. The molecule has 2 aromatic rings. The average Bonchev–Trinajstić information content (AvgIpc) is 3.47. The van der Waals surface area contributed by atoms with Crippen molar-refractivity contribution in [2.75, 3.05) is 13.2 Å². The number of carboxylic acids is 1. The molecule has 2 amide bonds. The van der Waals surface area contributed by atoms with E-state index in [2.05, 4.69) is 34.9 Å². The summed E-state index contributed by atoms with van der Waals surface area (Å²) < 4.78 is 5.64. The SMILES string of the molecule is CC(C)(NC(=O)CC(CNC(=O)OCC1c2ccccc2-c2ccccc21)C1CCCC1)C(=O)O. The van der Waals surface area contributed by atoms with Crippen LogP contribution in [0.1, 0.15) is 63.0 Å². The van der Waals surface area contributed by atoms with E-state index in [9.17, 15) is 19.5 Å². The van der Waals surface area contributed by atoms with E-state index in [1.54, 1.807) is 0 Å². The molecule has 1 fully saturated rings. The topological polar surface area (TPSA) is 105 Å². The fourth-order valence-corrected chi connectivity index (χ4v) is 5.39. The monoisotopic (exact) mass is 478 g/mol. The third kappa shape index (κ3) is 5.66. The van der Waals surface area contributed by atoms with Crippen LogP contribution >= 0.6 is 0 Å². The second kappa shape index (κ2) is 10.5. The molecule has 2 aromatic carbocycles. The van der Waals surface area contributed by atoms with Crippen molar-refractivity contribution < 1.29 is 24.2 Å². The molecule has 7 heteroatoms. The maximum absolute atomic E-state index is 12.6. The minimum absolute atomic E-state index is 0.0113. The number of carbonyl (C=O) groups is 3. The van der Waals surface area contributed by atoms with Crippen molar-refractivity contribution in [2.24, 2.45) is 11.8 Å². The van der Waals surface area contributed by atoms with Gasteiger partial charge in [0.25, 0.3) is 0 Å². The van der Waals surface area contributed by atoms with Crippen LogP contribution in [0.5, 0.6) is 0 Å². The highest BCUT2D eigenvalue weighted by atomic mass is 16.5. The number of amides is 2. The molecular weight excluding hydrogens is 444 g/mol. The van der Waals surface area contributed by atoms with Crippen LogP contribution in [-0.4, -0.2) is 41.8 Å². The molecule has 2 aliphatic carbocycles. The Kier molecular flexibility index (Phi) is 7.43. The zero-order valence-corrected chi connectivity index (χ0v) is 20.4. The predicted octanol–water partition coefficient (Wildman–Crippen LogP) is 4.70. The summed E-state index contributed by atoms with van der Waals surface area (Å²) in [7, 11) is 0. The number of carboxylic acid groups (broad SMARTS) is 1. The highest BCUT2D eigenvalue weighted by molar-refractivity contribution is 5.86. The van der Waals surface area contributed by atoms with Crippen molar-refractivity contribution in [1.82, 2.24) is 10.6 Å². The Morgan fingerprint density at radius 1 is 1.00 bits per heavy atom. The maximum Gasteiger partial charge on any atom is 0.407 e. The van der Waals surface area contributed by atoms with Gasteiger partial charge in [-0.1, -0.05) is 74.2 Å². The molecule has 4 rings (SSSR count). The van der Waals surface area contributed by atoms with E-state index in [1.807, 2.05) is 24.3 Å². The number of hydrogen-bond acceptors (Lipinski definition) is 4. The Morgan fingerprint density at radius 2 is 1.57 bits per heavy atom. The predicted molar refractivity (Wildman–Crippen MR) is 133 cm³/mol. The lowest BCUT2D eigenvalue weighted by molar-refractivity contribution is -0.146. The highest BCUT2D eigenvalue weighted by Gasteiger charge is 2.33. The first-order valence-electron chi connectivity index (χ1n) is 12.4. The van der Waals surface area contributed by atoms with Gasteiger partial charge in [-0.15, -0.1) is 0 Å². The molecule has 35 heavy (non-hydrogen) atoms. The van der Waals surface area contributed by atoms with E-state index in [1.165, 1.54) is 25.0 Å². The molecule has 1 unspecified atom stereocenters. The Morgan fingerprint density at radius 3 is 2.14 bits per heavy atom. The van der Waals surface area contributed by atoms with E-state index in [-0.39, 0.29) is 30.8 Å². The van der Waals surface area contributed by atoms with Crippen LogP contribution in [0.15, 0.2) is 48.5 Å². The van der Waals surface area contributed by atoms with Gasteiger partial charge in [0.1, 0.15) is 12.1 Å².